The van der Waals surface area contributed by atoms with Crippen molar-refractivity contribution in [3.63, 3.8) is 0 Å². The molecule has 27 heavy (non-hydrogen) atoms. The topological polar surface area (TPSA) is 83.0 Å². The normalized spacial score (nSPS) is 12.0. The van der Waals surface area contributed by atoms with Gasteiger partial charge in [0.1, 0.15) is 0 Å². The van der Waals surface area contributed by atoms with Crippen LogP contribution < -0.4 is 10.0 Å². The zero-order valence-electron chi connectivity index (χ0n) is 16.6. The third-order valence-corrected chi connectivity index (χ3v) is 5.28. The van der Waals surface area contributed by atoms with Crippen molar-refractivity contribution in [1.82, 2.24) is 14.9 Å². The lowest BCUT2D eigenvalue weighted by atomic mass is 10.2. The quantitative estimate of drug-likeness (QED) is 0.244. The number of nitrogens with zero attached hydrogens (tertiary/aromatic N) is 2. The van der Waals surface area contributed by atoms with E-state index in [1.807, 2.05) is 26.1 Å². The van der Waals surface area contributed by atoms with Crippen LogP contribution in [0.1, 0.15) is 25.3 Å². The van der Waals surface area contributed by atoms with Crippen molar-refractivity contribution in [2.24, 2.45) is 4.99 Å². The van der Waals surface area contributed by atoms with Gasteiger partial charge in [0.05, 0.1) is 18.0 Å². The third-order valence-electron chi connectivity index (χ3n) is 3.82. The van der Waals surface area contributed by atoms with Crippen LogP contribution in [-0.4, -0.2) is 59.7 Å². The number of nitrogens with one attached hydrogen (secondary N) is 2. The molecule has 1 aromatic carbocycles. The summed E-state index contributed by atoms with van der Waals surface area (Å²) in [6.07, 6.45) is 3.87. The summed E-state index contributed by atoms with van der Waals surface area (Å²) in [5, 5.41) is 3.26. The summed E-state index contributed by atoms with van der Waals surface area (Å²) in [7, 11) is -0.0267. The molecule has 1 rings (SSSR count). The van der Waals surface area contributed by atoms with Crippen molar-refractivity contribution < 1.29 is 13.2 Å². The van der Waals surface area contributed by atoms with Crippen molar-refractivity contribution in [2.75, 3.05) is 40.4 Å². The largest absolute Gasteiger partial charge is 0.383 e. The van der Waals surface area contributed by atoms with Gasteiger partial charge >= 0.3 is 0 Å². The zero-order chi connectivity index (χ0) is 20.1. The first-order valence-electron chi connectivity index (χ1n) is 9.12. The van der Waals surface area contributed by atoms with Gasteiger partial charge in [0, 0.05) is 33.8 Å². The predicted octanol–water partition coefficient (Wildman–Crippen LogP) is 1.97. The van der Waals surface area contributed by atoms with Crippen LogP contribution in [0.25, 0.3) is 0 Å². The molecule has 0 aliphatic rings. The molecule has 0 unspecified atom stereocenters. The lowest BCUT2D eigenvalue weighted by Crippen LogP contribution is -2.39. The highest BCUT2D eigenvalue weighted by molar-refractivity contribution is 7.89. The smallest absolute Gasteiger partial charge is 0.240 e. The second-order valence-electron chi connectivity index (χ2n) is 6.06. The number of hydrogen-bond acceptors (Lipinski definition) is 4. The van der Waals surface area contributed by atoms with Crippen LogP contribution in [0, 0.1) is 0 Å². The number of unbranched alkanes of at least 4 members (excludes halogenated alkanes) is 1. The minimum absolute atomic E-state index is 0.232. The van der Waals surface area contributed by atoms with Gasteiger partial charge in [0.25, 0.3) is 0 Å². The van der Waals surface area contributed by atoms with Gasteiger partial charge in [-0.15, -0.1) is 6.58 Å². The number of rotatable bonds is 12. The summed E-state index contributed by atoms with van der Waals surface area (Å²) in [6, 6.07) is 6.84. The van der Waals surface area contributed by atoms with Gasteiger partial charge in [-0.2, -0.15) is 0 Å². The number of guanidine groups is 1. The van der Waals surface area contributed by atoms with E-state index in [0.29, 0.717) is 13.2 Å². The van der Waals surface area contributed by atoms with Gasteiger partial charge in [-0.25, -0.2) is 18.1 Å². The van der Waals surface area contributed by atoms with Crippen molar-refractivity contribution in [2.45, 2.75) is 31.2 Å². The second kappa shape index (κ2) is 12.5. The van der Waals surface area contributed by atoms with Crippen molar-refractivity contribution in [3.8, 4) is 0 Å². The molecule has 0 aliphatic heterocycles. The molecule has 1 aromatic rings. The molecule has 152 valence electrons. The monoisotopic (exact) mass is 396 g/mol. The number of ether oxygens (including phenoxy) is 1. The molecule has 0 saturated heterocycles. The van der Waals surface area contributed by atoms with Gasteiger partial charge in [-0.1, -0.05) is 18.2 Å². The summed E-state index contributed by atoms with van der Waals surface area (Å²) in [5.41, 5.74) is 0.833. The van der Waals surface area contributed by atoms with E-state index >= 15 is 0 Å². The zero-order valence-corrected chi connectivity index (χ0v) is 17.4. The van der Waals surface area contributed by atoms with E-state index < -0.39 is 10.0 Å². The van der Waals surface area contributed by atoms with Crippen LogP contribution >= 0.6 is 0 Å². The molecule has 0 spiro atoms. The van der Waals surface area contributed by atoms with Crippen molar-refractivity contribution >= 4 is 16.0 Å². The lowest BCUT2D eigenvalue weighted by molar-refractivity contribution is 0.204. The van der Waals surface area contributed by atoms with Crippen LogP contribution in [0.5, 0.6) is 0 Å². The minimum atomic E-state index is -3.55. The maximum atomic E-state index is 12.3. The highest BCUT2D eigenvalue weighted by Gasteiger charge is 2.13. The van der Waals surface area contributed by atoms with E-state index in [-0.39, 0.29) is 11.4 Å². The first-order valence-corrected chi connectivity index (χ1v) is 10.6. The molecule has 7 nitrogen and oxygen atoms in total. The van der Waals surface area contributed by atoms with E-state index in [0.717, 1.165) is 37.5 Å². The Morgan fingerprint density at radius 1 is 1.41 bits per heavy atom. The molecular formula is C19H32N4O3S. The van der Waals surface area contributed by atoms with E-state index in [1.165, 1.54) is 7.11 Å². The molecule has 0 aliphatic carbocycles. The van der Waals surface area contributed by atoms with Crippen LogP contribution in [0.3, 0.4) is 0 Å². The van der Waals surface area contributed by atoms with Gasteiger partial charge in [0.2, 0.25) is 10.0 Å². The van der Waals surface area contributed by atoms with Gasteiger partial charge < -0.3 is 15.0 Å². The Bertz CT molecular complexity index is 705. The first kappa shape index (κ1) is 23.1. The van der Waals surface area contributed by atoms with Gasteiger partial charge in [0.15, 0.2) is 5.96 Å². The lowest BCUT2D eigenvalue weighted by Gasteiger charge is -2.21. The summed E-state index contributed by atoms with van der Waals surface area (Å²) < 4.78 is 32.0. The minimum Gasteiger partial charge on any atom is -0.383 e. The molecule has 0 saturated carbocycles. The van der Waals surface area contributed by atoms with Crippen molar-refractivity contribution in [3.05, 3.63) is 42.5 Å². The summed E-state index contributed by atoms with van der Waals surface area (Å²) in [5.74, 6) is 0.799. The average molecular weight is 397 g/mol. The number of allylic oxidation sites excluding steroid dienone is 1. The number of methoxy groups -OCH3 is 1. The van der Waals surface area contributed by atoms with E-state index in [2.05, 4.69) is 26.5 Å². The van der Waals surface area contributed by atoms with Crippen LogP contribution in [-0.2, 0) is 21.3 Å². The second-order valence-corrected chi connectivity index (χ2v) is 7.83. The Morgan fingerprint density at radius 3 is 2.85 bits per heavy atom. The Hall–Kier alpha value is -1.90. The molecule has 0 fully saturated rings. The van der Waals surface area contributed by atoms with E-state index in [9.17, 15) is 8.42 Å². The maximum absolute atomic E-state index is 12.3. The van der Waals surface area contributed by atoms with E-state index in [1.54, 1.807) is 18.2 Å². The molecular weight excluding hydrogens is 364 g/mol. The molecule has 2 N–H and O–H groups in total. The SMILES string of the molecule is C=CCCCN(C)C(=NCc1cccc(S(=O)(=O)NCCOC)c1)NCC. The van der Waals surface area contributed by atoms with Gasteiger partial charge in [-0.3, -0.25) is 0 Å². The van der Waals surface area contributed by atoms with E-state index in [4.69, 9.17) is 4.74 Å². The van der Waals surface area contributed by atoms with Gasteiger partial charge in [-0.05, 0) is 37.5 Å². The van der Waals surface area contributed by atoms with Crippen LogP contribution in [0.2, 0.25) is 0 Å². The fourth-order valence-corrected chi connectivity index (χ4v) is 3.47. The van der Waals surface area contributed by atoms with Crippen LogP contribution in [0.15, 0.2) is 46.8 Å². The summed E-state index contributed by atoms with van der Waals surface area (Å²) >= 11 is 0. The maximum Gasteiger partial charge on any atom is 0.240 e. The number of sulfonamides is 1. The molecule has 0 bridgehead atoms. The fraction of sp³-hybridized carbons (Fsp3) is 0.526. The highest BCUT2D eigenvalue weighted by atomic mass is 32.2. The number of aliphatic imine (C=N–C) groups is 1. The Kier molecular flexibility index (Phi) is 10.7. The summed E-state index contributed by atoms with van der Waals surface area (Å²) in [6.45, 7) is 8.36. The summed E-state index contributed by atoms with van der Waals surface area (Å²) in [4.78, 5) is 6.93. The average Bonchev–Trinajstić information content (AvgIpc) is 2.65. The first-order chi connectivity index (χ1) is 12.9. The Labute approximate surface area is 163 Å². The molecule has 0 aromatic heterocycles. The molecule has 0 heterocycles. The van der Waals surface area contributed by atoms with Crippen LogP contribution in [0.4, 0.5) is 0 Å². The Balaban J connectivity index is 2.83. The number of benzene rings is 1. The highest BCUT2D eigenvalue weighted by Crippen LogP contribution is 2.12. The standard InChI is InChI=1S/C19H32N4O3S/c1-5-7-8-13-23(3)19(20-6-2)21-16-17-10-9-11-18(15-17)27(24,25)22-12-14-26-4/h5,9-11,15,22H,1,6-8,12-14,16H2,2-4H3,(H,20,21). The third kappa shape index (κ3) is 8.55. The fourth-order valence-electron chi connectivity index (χ4n) is 2.39. The van der Waals surface area contributed by atoms with Crippen molar-refractivity contribution in [1.29, 1.82) is 0 Å². The number of hydrogen-bond donors (Lipinski definition) is 2. The molecule has 8 heteroatoms. The predicted molar refractivity (Wildman–Crippen MR) is 110 cm³/mol. The molecule has 0 atom stereocenters. The molecule has 0 amide bonds. The Morgan fingerprint density at radius 2 is 2.19 bits per heavy atom. The molecule has 0 radical (unpaired) electrons.